The van der Waals surface area contributed by atoms with Gasteiger partial charge in [0.2, 0.25) is 23.6 Å². The lowest BCUT2D eigenvalue weighted by atomic mass is 10.1. The van der Waals surface area contributed by atoms with Crippen LogP contribution < -0.4 is 38.9 Å². The molecule has 176 valence electrons. The van der Waals surface area contributed by atoms with Crippen molar-refractivity contribution in [3.63, 3.8) is 0 Å². The van der Waals surface area contributed by atoms with E-state index in [1.165, 1.54) is 6.92 Å². The average Bonchev–Trinajstić information content (AvgIpc) is 2.73. The molecule has 1 rings (SSSR count). The molecular formula is C20H32N8O4. The summed E-state index contributed by atoms with van der Waals surface area (Å²) in [4.78, 5) is 52.2. The third-order valence-corrected chi connectivity index (χ3v) is 4.38. The van der Waals surface area contributed by atoms with Crippen LogP contribution in [0.5, 0.6) is 0 Å². The van der Waals surface area contributed by atoms with Crippen molar-refractivity contribution in [1.82, 2.24) is 16.0 Å². The molecule has 11 N–H and O–H groups in total. The molecule has 3 unspecified atom stereocenters. The molecule has 0 aromatic heterocycles. The standard InChI is InChI=1S/C20H32N8O4/c1-12(21)18(31)28-14(8-5-9-25-20(23)24)19(32)26-11-16(29)27-15(17(22)30)10-13-6-3-2-4-7-13/h2-4,6-7,12,14-15H,5,8-11,21H2,1H3,(H2,22,30)(H,26,32)(H,27,29)(H,28,31)(H4,23,24,25). The normalized spacial score (nSPS) is 13.2. The van der Waals surface area contributed by atoms with Crippen LogP contribution in [0.2, 0.25) is 0 Å². The van der Waals surface area contributed by atoms with Gasteiger partial charge in [0.15, 0.2) is 5.96 Å². The van der Waals surface area contributed by atoms with Gasteiger partial charge in [0.1, 0.15) is 12.1 Å². The van der Waals surface area contributed by atoms with Crippen molar-refractivity contribution in [1.29, 1.82) is 0 Å². The van der Waals surface area contributed by atoms with Crippen molar-refractivity contribution in [3.8, 4) is 0 Å². The van der Waals surface area contributed by atoms with Crippen LogP contribution in [-0.4, -0.2) is 60.8 Å². The Labute approximate surface area is 186 Å². The number of hydrogen-bond donors (Lipinski definition) is 7. The van der Waals surface area contributed by atoms with Crippen molar-refractivity contribution in [2.45, 2.75) is 44.3 Å². The monoisotopic (exact) mass is 448 g/mol. The largest absolute Gasteiger partial charge is 0.370 e. The number of nitrogens with zero attached hydrogens (tertiary/aromatic N) is 1. The first-order chi connectivity index (χ1) is 15.1. The first-order valence-corrected chi connectivity index (χ1v) is 10.1. The molecule has 0 saturated carbocycles. The van der Waals surface area contributed by atoms with E-state index in [-0.39, 0.29) is 25.3 Å². The highest BCUT2D eigenvalue weighted by atomic mass is 16.2. The zero-order valence-corrected chi connectivity index (χ0v) is 18.0. The maximum atomic E-state index is 12.5. The highest BCUT2D eigenvalue weighted by molar-refractivity contribution is 5.93. The number of carbonyl (C=O) groups is 4. The molecule has 0 saturated heterocycles. The molecule has 0 bridgehead atoms. The maximum Gasteiger partial charge on any atom is 0.243 e. The number of hydrogen-bond acceptors (Lipinski definition) is 6. The predicted molar refractivity (Wildman–Crippen MR) is 120 cm³/mol. The Hall–Kier alpha value is -3.67. The number of nitrogens with two attached hydrogens (primary N) is 4. The van der Waals surface area contributed by atoms with E-state index in [1.54, 1.807) is 24.3 Å². The lowest BCUT2D eigenvalue weighted by Crippen LogP contribution is -2.53. The minimum Gasteiger partial charge on any atom is -0.370 e. The second-order valence-corrected chi connectivity index (χ2v) is 7.23. The molecule has 0 fully saturated rings. The fourth-order valence-electron chi connectivity index (χ4n) is 2.68. The molecule has 0 aliphatic rings. The molecule has 0 spiro atoms. The predicted octanol–water partition coefficient (Wildman–Crippen LogP) is -2.80. The molecule has 12 heteroatoms. The van der Waals surface area contributed by atoms with Gasteiger partial charge < -0.3 is 38.9 Å². The SMILES string of the molecule is CC(N)C(=O)NC(CCCN=C(N)N)C(=O)NCC(=O)NC(Cc1ccccc1)C(N)=O. The number of nitrogens with one attached hydrogen (secondary N) is 3. The van der Waals surface area contributed by atoms with E-state index in [1.807, 2.05) is 6.07 Å². The van der Waals surface area contributed by atoms with Crippen LogP contribution in [0.25, 0.3) is 0 Å². The van der Waals surface area contributed by atoms with Gasteiger partial charge in [0.05, 0.1) is 12.6 Å². The number of aliphatic imine (C=N–C) groups is 1. The van der Waals surface area contributed by atoms with Gasteiger partial charge >= 0.3 is 0 Å². The lowest BCUT2D eigenvalue weighted by molar-refractivity contribution is -0.131. The van der Waals surface area contributed by atoms with Gasteiger partial charge in [0, 0.05) is 13.0 Å². The smallest absolute Gasteiger partial charge is 0.243 e. The molecule has 0 heterocycles. The Bertz CT molecular complexity index is 809. The van der Waals surface area contributed by atoms with E-state index in [2.05, 4.69) is 20.9 Å². The van der Waals surface area contributed by atoms with Gasteiger partial charge in [0.25, 0.3) is 0 Å². The average molecular weight is 449 g/mol. The minimum absolute atomic E-state index is 0.0817. The van der Waals surface area contributed by atoms with E-state index in [0.717, 1.165) is 5.56 Å². The number of guanidine groups is 1. The van der Waals surface area contributed by atoms with Crippen molar-refractivity contribution >= 4 is 29.6 Å². The van der Waals surface area contributed by atoms with Crippen LogP contribution in [0.15, 0.2) is 35.3 Å². The third kappa shape index (κ3) is 10.4. The molecule has 4 amide bonds. The van der Waals surface area contributed by atoms with Crippen LogP contribution in [0.3, 0.4) is 0 Å². The van der Waals surface area contributed by atoms with Gasteiger partial charge in [-0.15, -0.1) is 0 Å². The van der Waals surface area contributed by atoms with Crippen LogP contribution >= 0.6 is 0 Å². The Morgan fingerprint density at radius 3 is 2.19 bits per heavy atom. The second kappa shape index (κ2) is 13.6. The molecule has 12 nitrogen and oxygen atoms in total. The number of primary amides is 1. The zero-order chi connectivity index (χ0) is 24.1. The summed E-state index contributed by atoms with van der Waals surface area (Å²) in [6, 6.07) is 6.35. The van der Waals surface area contributed by atoms with E-state index < -0.39 is 48.3 Å². The van der Waals surface area contributed by atoms with Gasteiger partial charge in [-0.2, -0.15) is 0 Å². The zero-order valence-electron chi connectivity index (χ0n) is 18.0. The van der Waals surface area contributed by atoms with Crippen molar-refractivity contribution in [3.05, 3.63) is 35.9 Å². The first kappa shape index (κ1) is 26.4. The Morgan fingerprint density at radius 2 is 1.62 bits per heavy atom. The summed E-state index contributed by atoms with van der Waals surface area (Å²) in [5, 5.41) is 7.47. The Kier molecular flexibility index (Phi) is 11.2. The van der Waals surface area contributed by atoms with Crippen molar-refractivity contribution in [2.24, 2.45) is 27.9 Å². The molecule has 32 heavy (non-hydrogen) atoms. The van der Waals surface area contributed by atoms with Gasteiger partial charge in [-0.05, 0) is 25.3 Å². The summed E-state index contributed by atoms with van der Waals surface area (Å²) < 4.78 is 0. The Morgan fingerprint density at radius 1 is 0.969 bits per heavy atom. The van der Waals surface area contributed by atoms with Crippen LogP contribution in [0.1, 0.15) is 25.3 Å². The number of carbonyl (C=O) groups excluding carboxylic acids is 4. The maximum absolute atomic E-state index is 12.5. The topological polar surface area (TPSA) is 221 Å². The summed E-state index contributed by atoms with van der Waals surface area (Å²) in [7, 11) is 0. The van der Waals surface area contributed by atoms with E-state index >= 15 is 0 Å². The molecule has 1 aromatic carbocycles. The second-order valence-electron chi connectivity index (χ2n) is 7.23. The van der Waals surface area contributed by atoms with Crippen LogP contribution in [-0.2, 0) is 25.6 Å². The first-order valence-electron chi connectivity index (χ1n) is 10.1. The van der Waals surface area contributed by atoms with Crippen molar-refractivity contribution in [2.75, 3.05) is 13.1 Å². The summed E-state index contributed by atoms with van der Waals surface area (Å²) in [5.41, 5.74) is 22.3. The van der Waals surface area contributed by atoms with Gasteiger partial charge in [-0.1, -0.05) is 30.3 Å². The number of amides is 4. The molecule has 0 radical (unpaired) electrons. The highest BCUT2D eigenvalue weighted by Crippen LogP contribution is 2.03. The quantitative estimate of drug-likeness (QED) is 0.0953. The van der Waals surface area contributed by atoms with E-state index in [9.17, 15) is 19.2 Å². The minimum atomic E-state index is -0.938. The van der Waals surface area contributed by atoms with E-state index in [4.69, 9.17) is 22.9 Å². The summed E-state index contributed by atoms with van der Waals surface area (Å²) in [5.74, 6) is -2.49. The summed E-state index contributed by atoms with van der Waals surface area (Å²) in [6.45, 7) is 1.34. The van der Waals surface area contributed by atoms with Gasteiger partial charge in [-0.25, -0.2) is 0 Å². The third-order valence-electron chi connectivity index (χ3n) is 4.38. The lowest BCUT2D eigenvalue weighted by Gasteiger charge is -2.20. The Balaban J connectivity index is 2.64. The van der Waals surface area contributed by atoms with Crippen molar-refractivity contribution < 1.29 is 19.2 Å². The molecule has 3 atom stereocenters. The fourth-order valence-corrected chi connectivity index (χ4v) is 2.68. The summed E-state index contributed by atoms with van der Waals surface area (Å²) >= 11 is 0. The molecule has 0 aliphatic heterocycles. The fraction of sp³-hybridized carbons (Fsp3) is 0.450. The van der Waals surface area contributed by atoms with Crippen LogP contribution in [0.4, 0.5) is 0 Å². The molecule has 0 aliphatic carbocycles. The van der Waals surface area contributed by atoms with Gasteiger partial charge in [-0.3, -0.25) is 24.2 Å². The molecular weight excluding hydrogens is 416 g/mol. The number of rotatable bonds is 13. The summed E-state index contributed by atoms with van der Waals surface area (Å²) in [6.07, 6.45) is 0.844. The highest BCUT2D eigenvalue weighted by Gasteiger charge is 2.23. The van der Waals surface area contributed by atoms with E-state index in [0.29, 0.717) is 6.42 Å². The molecule has 1 aromatic rings. The van der Waals surface area contributed by atoms with Crippen LogP contribution in [0, 0.1) is 0 Å². The number of benzene rings is 1.